The van der Waals surface area contributed by atoms with Crippen LogP contribution in [0.3, 0.4) is 0 Å². The summed E-state index contributed by atoms with van der Waals surface area (Å²) in [5, 5.41) is 6.64. The lowest BCUT2D eigenvalue weighted by atomic mass is 10.2. The zero-order chi connectivity index (χ0) is 21.7. The van der Waals surface area contributed by atoms with Gasteiger partial charge in [0.25, 0.3) is 11.8 Å². The first-order valence-corrected chi connectivity index (χ1v) is 12.0. The Hall–Kier alpha value is -2.27. The zero-order valence-electron chi connectivity index (χ0n) is 17.1. The zero-order valence-corrected chi connectivity index (χ0v) is 18.7. The quantitative estimate of drug-likeness (QED) is 0.684. The summed E-state index contributed by atoms with van der Waals surface area (Å²) in [4.78, 5) is 28.9. The number of hydrogen-bond donors (Lipinski definition) is 1. The van der Waals surface area contributed by atoms with Crippen LogP contribution in [-0.2, 0) is 10.0 Å². The summed E-state index contributed by atoms with van der Waals surface area (Å²) in [6, 6.07) is 7.75. The van der Waals surface area contributed by atoms with Crippen molar-refractivity contribution in [1.82, 2.24) is 19.4 Å². The number of sulfonamides is 1. The van der Waals surface area contributed by atoms with Gasteiger partial charge in [-0.25, -0.2) is 12.7 Å². The van der Waals surface area contributed by atoms with E-state index in [0.29, 0.717) is 31.7 Å². The smallest absolute Gasteiger partial charge is 0.254 e. The van der Waals surface area contributed by atoms with E-state index in [1.54, 1.807) is 0 Å². The standard InChI is InChI=1S/C20H26N4O4S2/c1-22(2)30(27,28)18-5-3-16(4-6-18)19(25)21-8-9-23-10-12-24(13-11-23)20(26)17-7-14-29-15-17/h3-7,14-15H,8-13H2,1-2H3,(H,21,25). The molecule has 0 saturated carbocycles. The normalized spacial score (nSPS) is 15.4. The minimum absolute atomic E-state index is 0.0731. The molecular formula is C20H26N4O4S2. The van der Waals surface area contributed by atoms with E-state index in [2.05, 4.69) is 10.2 Å². The molecule has 1 aliphatic rings. The van der Waals surface area contributed by atoms with Gasteiger partial charge in [0.2, 0.25) is 10.0 Å². The van der Waals surface area contributed by atoms with Gasteiger partial charge < -0.3 is 10.2 Å². The third-order valence-electron chi connectivity index (χ3n) is 5.04. The first-order chi connectivity index (χ1) is 14.3. The fraction of sp³-hybridized carbons (Fsp3) is 0.400. The topological polar surface area (TPSA) is 90.0 Å². The molecule has 1 fully saturated rings. The summed E-state index contributed by atoms with van der Waals surface area (Å²) in [7, 11) is -0.576. The molecule has 8 nitrogen and oxygen atoms in total. The van der Waals surface area contributed by atoms with Crippen molar-refractivity contribution in [2.75, 3.05) is 53.4 Å². The van der Waals surface area contributed by atoms with Crippen LogP contribution in [0.4, 0.5) is 0 Å². The molecule has 2 aromatic rings. The van der Waals surface area contributed by atoms with Gasteiger partial charge in [0.15, 0.2) is 0 Å². The Morgan fingerprint density at radius 3 is 2.27 bits per heavy atom. The molecule has 0 aliphatic carbocycles. The van der Waals surface area contributed by atoms with Crippen LogP contribution < -0.4 is 5.32 Å². The lowest BCUT2D eigenvalue weighted by Crippen LogP contribution is -2.50. The number of rotatable bonds is 7. The molecule has 1 saturated heterocycles. The van der Waals surface area contributed by atoms with Gasteiger partial charge in [-0.05, 0) is 35.7 Å². The molecule has 162 valence electrons. The van der Waals surface area contributed by atoms with Crippen molar-refractivity contribution >= 4 is 33.2 Å². The molecule has 0 bridgehead atoms. The molecule has 30 heavy (non-hydrogen) atoms. The Morgan fingerprint density at radius 2 is 1.70 bits per heavy atom. The van der Waals surface area contributed by atoms with E-state index >= 15 is 0 Å². The molecule has 1 aromatic carbocycles. The van der Waals surface area contributed by atoms with Crippen LogP contribution >= 0.6 is 11.3 Å². The second kappa shape index (κ2) is 9.69. The second-order valence-electron chi connectivity index (χ2n) is 7.21. The fourth-order valence-corrected chi connectivity index (χ4v) is 4.69. The number of amides is 2. The van der Waals surface area contributed by atoms with Crippen molar-refractivity contribution in [1.29, 1.82) is 0 Å². The van der Waals surface area contributed by atoms with Gasteiger partial charge in [0.1, 0.15) is 0 Å². The number of hydrogen-bond acceptors (Lipinski definition) is 6. The van der Waals surface area contributed by atoms with Crippen molar-refractivity contribution in [3.05, 3.63) is 52.2 Å². The van der Waals surface area contributed by atoms with Gasteiger partial charge in [-0.15, -0.1) is 0 Å². The van der Waals surface area contributed by atoms with E-state index < -0.39 is 10.0 Å². The molecule has 1 aliphatic heterocycles. The number of carbonyl (C=O) groups excluding carboxylic acids is 2. The Kier molecular flexibility index (Phi) is 7.24. The van der Waals surface area contributed by atoms with E-state index in [1.165, 1.54) is 49.7 Å². The molecule has 0 atom stereocenters. The lowest BCUT2D eigenvalue weighted by Gasteiger charge is -2.34. The summed E-state index contributed by atoms with van der Waals surface area (Å²) >= 11 is 1.52. The van der Waals surface area contributed by atoms with Crippen LogP contribution in [-0.4, -0.2) is 87.7 Å². The summed E-state index contributed by atoms with van der Waals surface area (Å²) < 4.78 is 25.3. The van der Waals surface area contributed by atoms with Crippen LogP contribution in [0.2, 0.25) is 0 Å². The SMILES string of the molecule is CN(C)S(=O)(=O)c1ccc(C(=O)NCCN2CCN(C(=O)c3ccsc3)CC2)cc1. The highest BCUT2D eigenvalue weighted by Gasteiger charge is 2.22. The summed E-state index contributed by atoms with van der Waals surface area (Å²) in [6.07, 6.45) is 0. The number of benzene rings is 1. The molecule has 2 heterocycles. The molecule has 1 N–H and O–H groups in total. The van der Waals surface area contributed by atoms with E-state index in [1.807, 2.05) is 21.7 Å². The fourth-order valence-electron chi connectivity index (χ4n) is 3.16. The van der Waals surface area contributed by atoms with Gasteiger partial charge >= 0.3 is 0 Å². The molecule has 3 rings (SSSR count). The maximum Gasteiger partial charge on any atom is 0.254 e. The van der Waals surface area contributed by atoms with Crippen molar-refractivity contribution in [3.63, 3.8) is 0 Å². The first-order valence-electron chi connectivity index (χ1n) is 9.63. The van der Waals surface area contributed by atoms with Gasteiger partial charge in [-0.2, -0.15) is 11.3 Å². The van der Waals surface area contributed by atoms with E-state index in [0.717, 1.165) is 23.0 Å². The molecule has 1 aromatic heterocycles. The largest absolute Gasteiger partial charge is 0.351 e. The Labute approximate surface area is 181 Å². The van der Waals surface area contributed by atoms with Gasteiger partial charge in [0, 0.05) is 64.3 Å². The molecular weight excluding hydrogens is 424 g/mol. The minimum Gasteiger partial charge on any atom is -0.351 e. The third-order valence-corrected chi connectivity index (χ3v) is 7.55. The van der Waals surface area contributed by atoms with Gasteiger partial charge in [-0.1, -0.05) is 0 Å². The lowest BCUT2D eigenvalue weighted by molar-refractivity contribution is 0.0638. The molecule has 10 heteroatoms. The Bertz CT molecular complexity index is 965. The van der Waals surface area contributed by atoms with E-state index in [9.17, 15) is 18.0 Å². The number of nitrogens with zero attached hydrogens (tertiary/aromatic N) is 3. The highest BCUT2D eigenvalue weighted by atomic mass is 32.2. The molecule has 0 radical (unpaired) electrons. The predicted molar refractivity (Wildman–Crippen MR) is 116 cm³/mol. The Morgan fingerprint density at radius 1 is 1.03 bits per heavy atom. The number of piperazine rings is 1. The summed E-state index contributed by atoms with van der Waals surface area (Å²) in [6.45, 7) is 4.05. The van der Waals surface area contributed by atoms with Crippen LogP contribution in [0.15, 0.2) is 46.0 Å². The predicted octanol–water partition coefficient (Wildman–Crippen LogP) is 1.19. The maximum absolute atomic E-state index is 12.4. The van der Waals surface area contributed by atoms with E-state index in [4.69, 9.17) is 0 Å². The van der Waals surface area contributed by atoms with Crippen molar-refractivity contribution in [2.24, 2.45) is 0 Å². The highest BCUT2D eigenvalue weighted by molar-refractivity contribution is 7.89. The third kappa shape index (κ3) is 5.25. The number of nitrogens with one attached hydrogen (secondary N) is 1. The molecule has 0 unspecified atom stereocenters. The van der Waals surface area contributed by atoms with Crippen LogP contribution in [0, 0.1) is 0 Å². The molecule has 0 spiro atoms. The average Bonchev–Trinajstić information content (AvgIpc) is 3.28. The highest BCUT2D eigenvalue weighted by Crippen LogP contribution is 2.14. The summed E-state index contributed by atoms with van der Waals surface area (Å²) in [5.41, 5.74) is 1.16. The number of thiophene rings is 1. The van der Waals surface area contributed by atoms with Crippen molar-refractivity contribution < 1.29 is 18.0 Å². The van der Waals surface area contributed by atoms with Crippen LogP contribution in [0.5, 0.6) is 0 Å². The van der Waals surface area contributed by atoms with Crippen molar-refractivity contribution in [2.45, 2.75) is 4.90 Å². The van der Waals surface area contributed by atoms with Crippen LogP contribution in [0.1, 0.15) is 20.7 Å². The average molecular weight is 451 g/mol. The monoisotopic (exact) mass is 450 g/mol. The van der Waals surface area contributed by atoms with Crippen molar-refractivity contribution in [3.8, 4) is 0 Å². The Balaban J connectivity index is 1.42. The van der Waals surface area contributed by atoms with Gasteiger partial charge in [-0.3, -0.25) is 14.5 Å². The number of carbonyl (C=O) groups is 2. The maximum atomic E-state index is 12.4. The first kappa shape index (κ1) is 22.4. The van der Waals surface area contributed by atoms with Crippen LogP contribution in [0.25, 0.3) is 0 Å². The minimum atomic E-state index is -3.51. The summed E-state index contributed by atoms with van der Waals surface area (Å²) in [5.74, 6) is -0.168. The van der Waals surface area contributed by atoms with E-state index in [-0.39, 0.29) is 16.7 Å². The second-order valence-corrected chi connectivity index (χ2v) is 10.1. The van der Waals surface area contributed by atoms with Gasteiger partial charge in [0.05, 0.1) is 10.5 Å². The molecule has 2 amide bonds.